The van der Waals surface area contributed by atoms with Gasteiger partial charge in [-0.15, -0.1) is 0 Å². The van der Waals surface area contributed by atoms with E-state index in [9.17, 15) is 0 Å². The number of nitrogens with zero attached hydrogens (tertiary/aromatic N) is 1. The first-order valence-electron chi connectivity index (χ1n) is 6.17. The van der Waals surface area contributed by atoms with Gasteiger partial charge >= 0.3 is 0 Å². The van der Waals surface area contributed by atoms with Gasteiger partial charge in [0.05, 0.1) is 0 Å². The maximum Gasteiger partial charge on any atom is 0.0156 e. The van der Waals surface area contributed by atoms with Gasteiger partial charge in [-0.2, -0.15) is 5.53 Å². The van der Waals surface area contributed by atoms with Crippen molar-refractivity contribution in [2.75, 3.05) is 19.6 Å². The van der Waals surface area contributed by atoms with Crippen molar-refractivity contribution >= 4 is 0 Å². The summed E-state index contributed by atoms with van der Waals surface area (Å²) in [5.41, 5.74) is 6.38. The summed E-state index contributed by atoms with van der Waals surface area (Å²) >= 11 is 0. The highest BCUT2D eigenvalue weighted by atomic mass is 15.7. The van der Waals surface area contributed by atoms with Crippen LogP contribution in [0, 0.1) is 0 Å². The van der Waals surface area contributed by atoms with E-state index < -0.39 is 0 Å². The standard InChI is InChI=1S/C11H25N3/c1-2-3-4-5-6-7-10-14-11-8-9-12-13-14/h12-13H,2-11H2,1H3. The summed E-state index contributed by atoms with van der Waals surface area (Å²) in [7, 11) is 0. The second kappa shape index (κ2) is 8.21. The van der Waals surface area contributed by atoms with Crippen molar-refractivity contribution in [3.8, 4) is 0 Å². The lowest BCUT2D eigenvalue weighted by Crippen LogP contribution is -2.52. The fourth-order valence-electron chi connectivity index (χ4n) is 1.83. The third-order valence-electron chi connectivity index (χ3n) is 2.75. The van der Waals surface area contributed by atoms with Crippen molar-refractivity contribution in [2.45, 2.75) is 51.9 Å². The highest BCUT2D eigenvalue weighted by Gasteiger charge is 2.06. The van der Waals surface area contributed by atoms with Crippen LogP contribution in [-0.2, 0) is 0 Å². The number of rotatable bonds is 7. The zero-order valence-corrected chi connectivity index (χ0v) is 9.52. The molecule has 0 radical (unpaired) electrons. The molecular weight excluding hydrogens is 174 g/mol. The second-order valence-corrected chi connectivity index (χ2v) is 4.15. The molecule has 0 saturated carbocycles. The van der Waals surface area contributed by atoms with E-state index in [1.54, 1.807) is 0 Å². The smallest absolute Gasteiger partial charge is 0.0156 e. The van der Waals surface area contributed by atoms with E-state index in [4.69, 9.17) is 0 Å². The van der Waals surface area contributed by atoms with Gasteiger partial charge in [-0.25, -0.2) is 10.4 Å². The van der Waals surface area contributed by atoms with Crippen LogP contribution in [-0.4, -0.2) is 24.6 Å². The predicted molar refractivity (Wildman–Crippen MR) is 60.7 cm³/mol. The molecule has 1 rings (SSSR count). The maximum absolute atomic E-state index is 3.20. The van der Waals surface area contributed by atoms with Crippen LogP contribution in [0.2, 0.25) is 0 Å². The van der Waals surface area contributed by atoms with Gasteiger partial charge in [0.25, 0.3) is 0 Å². The molecule has 0 bridgehead atoms. The molecule has 1 heterocycles. The molecular formula is C11H25N3. The molecule has 14 heavy (non-hydrogen) atoms. The van der Waals surface area contributed by atoms with Crippen LogP contribution in [0.1, 0.15) is 51.9 Å². The van der Waals surface area contributed by atoms with Gasteiger partial charge in [-0.05, 0) is 12.8 Å². The molecule has 1 aliphatic rings. The van der Waals surface area contributed by atoms with Gasteiger partial charge in [0.2, 0.25) is 0 Å². The van der Waals surface area contributed by atoms with E-state index in [-0.39, 0.29) is 0 Å². The summed E-state index contributed by atoms with van der Waals surface area (Å²) in [5, 5.41) is 2.29. The molecule has 0 spiro atoms. The quantitative estimate of drug-likeness (QED) is 0.615. The molecule has 0 atom stereocenters. The van der Waals surface area contributed by atoms with E-state index in [2.05, 4.69) is 22.9 Å². The van der Waals surface area contributed by atoms with Crippen molar-refractivity contribution in [1.82, 2.24) is 16.0 Å². The Bertz CT molecular complexity index is 122. The number of hydrazine groups is 2. The summed E-state index contributed by atoms with van der Waals surface area (Å²) in [6.45, 7) is 5.76. The van der Waals surface area contributed by atoms with Crippen LogP contribution in [0.5, 0.6) is 0 Å². The number of unbranched alkanes of at least 4 members (excludes halogenated alkanes) is 5. The van der Waals surface area contributed by atoms with Crippen molar-refractivity contribution in [3.05, 3.63) is 0 Å². The molecule has 1 saturated heterocycles. The SMILES string of the molecule is CCCCCCCCN1CCCNN1. The Kier molecular flexibility index (Phi) is 7.01. The zero-order valence-electron chi connectivity index (χ0n) is 9.52. The van der Waals surface area contributed by atoms with E-state index in [1.807, 2.05) is 0 Å². The lowest BCUT2D eigenvalue weighted by molar-refractivity contribution is 0.114. The molecule has 0 aromatic rings. The number of nitrogens with one attached hydrogen (secondary N) is 2. The van der Waals surface area contributed by atoms with Crippen molar-refractivity contribution in [3.63, 3.8) is 0 Å². The Morgan fingerprint density at radius 1 is 1.07 bits per heavy atom. The molecule has 3 heteroatoms. The highest BCUT2D eigenvalue weighted by molar-refractivity contribution is 4.57. The third-order valence-corrected chi connectivity index (χ3v) is 2.75. The Labute approximate surface area is 88.2 Å². The van der Waals surface area contributed by atoms with Gasteiger partial charge in [0.1, 0.15) is 0 Å². The molecule has 1 fully saturated rings. The molecule has 0 aliphatic carbocycles. The second-order valence-electron chi connectivity index (χ2n) is 4.15. The molecule has 0 aromatic carbocycles. The van der Waals surface area contributed by atoms with Crippen molar-refractivity contribution in [1.29, 1.82) is 0 Å². The summed E-state index contributed by atoms with van der Waals surface area (Å²) < 4.78 is 0. The van der Waals surface area contributed by atoms with E-state index in [0.717, 1.165) is 6.54 Å². The normalized spacial score (nSPS) is 18.6. The van der Waals surface area contributed by atoms with E-state index >= 15 is 0 Å². The summed E-state index contributed by atoms with van der Waals surface area (Å²) in [4.78, 5) is 0. The van der Waals surface area contributed by atoms with Crippen LogP contribution < -0.4 is 11.0 Å². The molecule has 3 nitrogen and oxygen atoms in total. The summed E-state index contributed by atoms with van der Waals surface area (Å²) in [6, 6.07) is 0. The topological polar surface area (TPSA) is 27.3 Å². The minimum Gasteiger partial charge on any atom is -0.244 e. The van der Waals surface area contributed by atoms with E-state index in [1.165, 1.54) is 58.0 Å². The van der Waals surface area contributed by atoms with E-state index in [0.29, 0.717) is 0 Å². The Balaban J connectivity index is 1.82. The summed E-state index contributed by atoms with van der Waals surface area (Å²) in [6.07, 6.45) is 9.57. The Hall–Kier alpha value is -0.120. The van der Waals surface area contributed by atoms with Crippen LogP contribution in [0.25, 0.3) is 0 Å². The lowest BCUT2D eigenvalue weighted by atomic mass is 10.1. The summed E-state index contributed by atoms with van der Waals surface area (Å²) in [5.74, 6) is 0. The molecule has 84 valence electrons. The lowest BCUT2D eigenvalue weighted by Gasteiger charge is -2.27. The Morgan fingerprint density at radius 2 is 1.86 bits per heavy atom. The monoisotopic (exact) mass is 199 g/mol. The Morgan fingerprint density at radius 3 is 2.57 bits per heavy atom. The predicted octanol–water partition coefficient (Wildman–Crippen LogP) is 2.06. The minimum absolute atomic E-state index is 1.10. The van der Waals surface area contributed by atoms with Crippen LogP contribution in [0.15, 0.2) is 0 Å². The number of hydrogen-bond acceptors (Lipinski definition) is 3. The first kappa shape index (κ1) is 12.0. The molecule has 1 aliphatic heterocycles. The zero-order chi connectivity index (χ0) is 10.1. The molecule has 0 amide bonds. The fraction of sp³-hybridized carbons (Fsp3) is 1.00. The minimum atomic E-state index is 1.10. The van der Waals surface area contributed by atoms with Crippen LogP contribution in [0.3, 0.4) is 0 Å². The van der Waals surface area contributed by atoms with Crippen LogP contribution in [0.4, 0.5) is 0 Å². The van der Waals surface area contributed by atoms with Gasteiger partial charge in [-0.3, -0.25) is 0 Å². The third kappa shape index (κ3) is 5.58. The largest absolute Gasteiger partial charge is 0.244 e. The molecule has 2 N–H and O–H groups in total. The maximum atomic E-state index is 3.20. The average molecular weight is 199 g/mol. The van der Waals surface area contributed by atoms with Gasteiger partial charge in [0.15, 0.2) is 0 Å². The average Bonchev–Trinajstić information content (AvgIpc) is 2.25. The molecule has 0 unspecified atom stereocenters. The van der Waals surface area contributed by atoms with Crippen molar-refractivity contribution < 1.29 is 0 Å². The first-order chi connectivity index (χ1) is 6.93. The molecule has 0 aromatic heterocycles. The van der Waals surface area contributed by atoms with Gasteiger partial charge in [0, 0.05) is 19.6 Å². The highest BCUT2D eigenvalue weighted by Crippen LogP contribution is 2.05. The first-order valence-corrected chi connectivity index (χ1v) is 6.17. The fourth-order valence-corrected chi connectivity index (χ4v) is 1.83. The number of hydrogen-bond donors (Lipinski definition) is 2. The van der Waals surface area contributed by atoms with Gasteiger partial charge < -0.3 is 0 Å². The van der Waals surface area contributed by atoms with Crippen LogP contribution >= 0.6 is 0 Å². The van der Waals surface area contributed by atoms with Gasteiger partial charge in [-0.1, -0.05) is 39.0 Å². The van der Waals surface area contributed by atoms with Crippen molar-refractivity contribution in [2.24, 2.45) is 0 Å².